The van der Waals surface area contributed by atoms with Crippen molar-refractivity contribution in [1.82, 2.24) is 4.98 Å². The number of para-hydroxylation sites is 1. The number of benzene rings is 2. The summed E-state index contributed by atoms with van der Waals surface area (Å²) in [5, 5.41) is 10.0. The van der Waals surface area contributed by atoms with Crippen molar-refractivity contribution in [3.63, 3.8) is 0 Å². The molecule has 0 aliphatic heterocycles. The molecule has 112 valence electrons. The van der Waals surface area contributed by atoms with Gasteiger partial charge < -0.3 is 5.11 Å². The Kier molecular flexibility index (Phi) is 3.92. The van der Waals surface area contributed by atoms with Gasteiger partial charge in [-0.3, -0.25) is 0 Å². The Hall–Kier alpha value is -2.24. The highest BCUT2D eigenvalue weighted by Gasteiger charge is 2.17. The Morgan fingerprint density at radius 1 is 0.864 bits per heavy atom. The van der Waals surface area contributed by atoms with Crippen LogP contribution in [-0.4, -0.2) is 18.5 Å². The molecule has 0 radical (unpaired) electrons. The summed E-state index contributed by atoms with van der Waals surface area (Å²) in [5.41, 5.74) is 2.09. The number of aliphatic hydroxyl groups is 1. The van der Waals surface area contributed by atoms with Gasteiger partial charge in [-0.1, -0.05) is 42.5 Å². The van der Waals surface area contributed by atoms with Gasteiger partial charge in [-0.15, -0.1) is 0 Å². The molecule has 0 unspecified atom stereocenters. The van der Waals surface area contributed by atoms with Crippen LogP contribution in [0.15, 0.2) is 65.7 Å². The SMILES string of the molecule is O=S(=O)(Cc1ccc(CO)cc1)c1ccc2ccccc2n1. The molecule has 0 bridgehead atoms. The van der Waals surface area contributed by atoms with Crippen LogP contribution >= 0.6 is 0 Å². The lowest BCUT2D eigenvalue weighted by Crippen LogP contribution is -2.07. The van der Waals surface area contributed by atoms with Gasteiger partial charge in [0.05, 0.1) is 17.9 Å². The summed E-state index contributed by atoms with van der Waals surface area (Å²) in [6.45, 7) is -0.0563. The first-order valence-corrected chi connectivity index (χ1v) is 8.51. The molecular formula is C17H15NO3S. The quantitative estimate of drug-likeness (QED) is 0.804. The molecule has 1 aromatic heterocycles. The minimum atomic E-state index is -3.50. The predicted molar refractivity (Wildman–Crippen MR) is 85.0 cm³/mol. The molecule has 0 amide bonds. The Bertz CT molecular complexity index is 903. The number of nitrogens with zero attached hydrogens (tertiary/aromatic N) is 1. The van der Waals surface area contributed by atoms with Crippen molar-refractivity contribution in [2.45, 2.75) is 17.4 Å². The second-order valence-corrected chi connectivity index (χ2v) is 7.01. The third kappa shape index (κ3) is 3.00. The third-order valence-electron chi connectivity index (χ3n) is 3.45. The van der Waals surface area contributed by atoms with Gasteiger partial charge in [-0.05, 0) is 29.3 Å². The number of aromatic nitrogens is 1. The van der Waals surface area contributed by atoms with Gasteiger partial charge in [-0.25, -0.2) is 13.4 Å². The second-order valence-electron chi connectivity index (χ2n) is 5.08. The van der Waals surface area contributed by atoms with E-state index >= 15 is 0 Å². The van der Waals surface area contributed by atoms with E-state index in [0.717, 1.165) is 10.9 Å². The van der Waals surface area contributed by atoms with Crippen molar-refractivity contribution in [2.24, 2.45) is 0 Å². The summed E-state index contributed by atoms with van der Waals surface area (Å²) in [5.74, 6) is -0.107. The molecule has 0 saturated carbocycles. The highest BCUT2D eigenvalue weighted by Crippen LogP contribution is 2.19. The van der Waals surface area contributed by atoms with E-state index in [4.69, 9.17) is 5.11 Å². The molecule has 0 saturated heterocycles. The van der Waals surface area contributed by atoms with Gasteiger partial charge in [0, 0.05) is 5.39 Å². The number of aliphatic hydroxyl groups excluding tert-OH is 1. The number of pyridine rings is 1. The van der Waals surface area contributed by atoms with Crippen LogP contribution in [0.1, 0.15) is 11.1 Å². The fourth-order valence-corrected chi connectivity index (χ4v) is 3.55. The van der Waals surface area contributed by atoms with Gasteiger partial charge in [0.15, 0.2) is 14.9 Å². The highest BCUT2D eigenvalue weighted by atomic mass is 32.2. The van der Waals surface area contributed by atoms with E-state index in [9.17, 15) is 8.42 Å². The topological polar surface area (TPSA) is 67.3 Å². The number of rotatable bonds is 4. The summed E-state index contributed by atoms with van der Waals surface area (Å²) in [7, 11) is -3.50. The van der Waals surface area contributed by atoms with E-state index in [1.165, 1.54) is 0 Å². The maximum atomic E-state index is 12.5. The molecule has 0 atom stereocenters. The predicted octanol–water partition coefficient (Wildman–Crippen LogP) is 2.70. The Balaban J connectivity index is 1.93. The lowest BCUT2D eigenvalue weighted by atomic mass is 10.2. The van der Waals surface area contributed by atoms with Gasteiger partial charge in [-0.2, -0.15) is 0 Å². The van der Waals surface area contributed by atoms with Crippen molar-refractivity contribution in [3.8, 4) is 0 Å². The first-order valence-electron chi connectivity index (χ1n) is 6.86. The number of fused-ring (bicyclic) bond motifs is 1. The summed E-state index contributed by atoms with van der Waals surface area (Å²) >= 11 is 0. The smallest absolute Gasteiger partial charge is 0.199 e. The van der Waals surface area contributed by atoms with Crippen molar-refractivity contribution in [1.29, 1.82) is 0 Å². The van der Waals surface area contributed by atoms with Gasteiger partial charge in [0.1, 0.15) is 0 Å². The average Bonchev–Trinajstić information content (AvgIpc) is 2.55. The monoisotopic (exact) mass is 313 g/mol. The highest BCUT2D eigenvalue weighted by molar-refractivity contribution is 7.90. The van der Waals surface area contributed by atoms with Crippen LogP contribution in [0.3, 0.4) is 0 Å². The maximum absolute atomic E-state index is 12.5. The average molecular weight is 313 g/mol. The number of sulfone groups is 1. The Labute approximate surface area is 129 Å². The van der Waals surface area contributed by atoms with E-state index in [1.807, 2.05) is 18.2 Å². The lowest BCUT2D eigenvalue weighted by molar-refractivity contribution is 0.282. The van der Waals surface area contributed by atoms with Crippen molar-refractivity contribution in [2.75, 3.05) is 0 Å². The van der Waals surface area contributed by atoms with E-state index < -0.39 is 9.84 Å². The molecule has 3 rings (SSSR count). The Morgan fingerprint density at radius 2 is 1.55 bits per heavy atom. The maximum Gasteiger partial charge on any atom is 0.199 e. The fourth-order valence-electron chi connectivity index (χ4n) is 2.25. The summed E-state index contributed by atoms with van der Waals surface area (Å²) in [4.78, 5) is 4.25. The molecule has 0 spiro atoms. The van der Waals surface area contributed by atoms with Crippen molar-refractivity contribution >= 4 is 20.7 Å². The van der Waals surface area contributed by atoms with Crippen LogP contribution in [0.2, 0.25) is 0 Å². The minimum Gasteiger partial charge on any atom is -0.392 e. The molecule has 3 aromatic rings. The van der Waals surface area contributed by atoms with Crippen LogP contribution < -0.4 is 0 Å². The van der Waals surface area contributed by atoms with Gasteiger partial charge >= 0.3 is 0 Å². The first kappa shape index (κ1) is 14.7. The Morgan fingerprint density at radius 3 is 2.27 bits per heavy atom. The largest absolute Gasteiger partial charge is 0.392 e. The zero-order valence-electron chi connectivity index (χ0n) is 11.8. The fraction of sp³-hybridized carbons (Fsp3) is 0.118. The van der Waals surface area contributed by atoms with E-state index in [-0.39, 0.29) is 17.4 Å². The molecule has 0 fully saturated rings. The van der Waals surface area contributed by atoms with Crippen molar-refractivity contribution in [3.05, 3.63) is 71.8 Å². The molecule has 4 nitrogen and oxygen atoms in total. The molecule has 5 heteroatoms. The van der Waals surface area contributed by atoms with E-state index in [0.29, 0.717) is 11.1 Å². The standard InChI is InChI=1S/C17H15NO3S/c19-11-13-5-7-14(8-6-13)12-22(20,21)17-10-9-15-3-1-2-4-16(15)18-17/h1-10,19H,11-12H2. The number of hydrogen-bond donors (Lipinski definition) is 1. The zero-order chi connectivity index (χ0) is 15.6. The number of hydrogen-bond acceptors (Lipinski definition) is 4. The summed E-state index contributed by atoms with van der Waals surface area (Å²) in [6.07, 6.45) is 0. The van der Waals surface area contributed by atoms with Crippen molar-refractivity contribution < 1.29 is 13.5 Å². The molecule has 1 heterocycles. The summed E-state index contributed by atoms with van der Waals surface area (Å²) in [6, 6.07) is 17.6. The second kappa shape index (κ2) is 5.87. The lowest BCUT2D eigenvalue weighted by Gasteiger charge is -2.06. The van der Waals surface area contributed by atoms with E-state index in [2.05, 4.69) is 4.98 Å². The molecule has 22 heavy (non-hydrogen) atoms. The zero-order valence-corrected chi connectivity index (χ0v) is 12.6. The molecule has 1 N–H and O–H groups in total. The van der Waals surface area contributed by atoms with Gasteiger partial charge in [0.25, 0.3) is 0 Å². The van der Waals surface area contributed by atoms with Crippen LogP contribution in [0, 0.1) is 0 Å². The molecule has 0 aliphatic carbocycles. The third-order valence-corrected chi connectivity index (χ3v) is 5.03. The van der Waals surface area contributed by atoms with Gasteiger partial charge in [0.2, 0.25) is 0 Å². The van der Waals surface area contributed by atoms with Crippen LogP contribution in [0.5, 0.6) is 0 Å². The minimum absolute atomic E-state index is 0.0563. The van der Waals surface area contributed by atoms with Crippen LogP contribution in [0.4, 0.5) is 0 Å². The summed E-state index contributed by atoms with van der Waals surface area (Å²) < 4.78 is 25.0. The molecule has 2 aromatic carbocycles. The van der Waals surface area contributed by atoms with Crippen LogP contribution in [0.25, 0.3) is 10.9 Å². The molecule has 0 aliphatic rings. The first-order chi connectivity index (χ1) is 10.6. The van der Waals surface area contributed by atoms with Crippen LogP contribution in [-0.2, 0) is 22.2 Å². The normalized spacial score (nSPS) is 11.7. The van der Waals surface area contributed by atoms with E-state index in [1.54, 1.807) is 42.5 Å². The molecular weight excluding hydrogens is 298 g/mol.